The third-order valence-corrected chi connectivity index (χ3v) is 2.92. The number of ether oxygens (including phenoxy) is 1. The highest BCUT2D eigenvalue weighted by molar-refractivity contribution is 7.80. The topological polar surface area (TPSA) is 64.3 Å². The molecule has 1 amide bonds. The largest absolute Gasteiger partial charge is 0.479 e. The van der Waals surface area contributed by atoms with E-state index in [-0.39, 0.29) is 16.4 Å². The smallest absolute Gasteiger partial charge is 0.261 e. The molecule has 1 atom stereocenters. The maximum Gasteiger partial charge on any atom is 0.261 e. The summed E-state index contributed by atoms with van der Waals surface area (Å²) < 4.78 is 5.56. The first-order valence-corrected chi connectivity index (χ1v) is 6.97. The Bertz CT molecular complexity index is 526. The van der Waals surface area contributed by atoms with E-state index < -0.39 is 6.10 Å². The summed E-state index contributed by atoms with van der Waals surface area (Å²) in [5, 5.41) is 3.21. The Labute approximate surface area is 129 Å². The van der Waals surface area contributed by atoms with Gasteiger partial charge in [0.2, 0.25) is 0 Å². The number of halogens is 1. The maximum atomic E-state index is 11.9. The Morgan fingerprint density at radius 1 is 1.45 bits per heavy atom. The van der Waals surface area contributed by atoms with Crippen molar-refractivity contribution in [3.05, 3.63) is 28.8 Å². The van der Waals surface area contributed by atoms with Gasteiger partial charge in [0, 0.05) is 11.1 Å². The molecule has 110 valence electrons. The maximum absolute atomic E-state index is 11.9. The third-order valence-electron chi connectivity index (χ3n) is 2.39. The van der Waals surface area contributed by atoms with Crippen LogP contribution in [-0.4, -0.2) is 22.5 Å². The molecule has 1 rings (SSSR count). The van der Waals surface area contributed by atoms with Crippen LogP contribution in [0.2, 0.25) is 5.02 Å². The molecule has 0 saturated heterocycles. The third kappa shape index (κ3) is 4.98. The fourth-order valence-electron chi connectivity index (χ4n) is 1.46. The predicted molar refractivity (Wildman–Crippen MR) is 85.3 cm³/mol. The zero-order chi connectivity index (χ0) is 15.5. The number of benzene rings is 1. The monoisotopic (exact) mass is 314 g/mol. The molecule has 1 aromatic rings. The van der Waals surface area contributed by atoms with E-state index in [2.05, 4.69) is 5.32 Å². The number of hydrogen-bond donors (Lipinski definition) is 2. The molecule has 1 unspecified atom stereocenters. The van der Waals surface area contributed by atoms with Crippen LogP contribution >= 0.6 is 23.8 Å². The Balaban J connectivity index is 2.78. The van der Waals surface area contributed by atoms with E-state index in [1.54, 1.807) is 25.1 Å². The lowest BCUT2D eigenvalue weighted by Crippen LogP contribution is -2.46. The van der Waals surface area contributed by atoms with Gasteiger partial charge in [0.15, 0.2) is 6.10 Å². The van der Waals surface area contributed by atoms with Gasteiger partial charge in [-0.1, -0.05) is 23.8 Å². The molecule has 0 saturated carbocycles. The second-order valence-electron chi connectivity index (χ2n) is 5.51. The van der Waals surface area contributed by atoms with Crippen LogP contribution in [0.15, 0.2) is 18.2 Å². The van der Waals surface area contributed by atoms with Crippen LogP contribution in [0.1, 0.15) is 33.3 Å². The lowest BCUT2D eigenvalue weighted by Gasteiger charge is -2.24. The van der Waals surface area contributed by atoms with E-state index in [1.165, 1.54) is 0 Å². The zero-order valence-corrected chi connectivity index (χ0v) is 13.6. The number of nitrogens with two attached hydrogens (primary N) is 1. The minimum atomic E-state index is -0.651. The van der Waals surface area contributed by atoms with E-state index in [9.17, 15) is 4.79 Å². The average Bonchev–Trinajstić information content (AvgIpc) is 2.29. The van der Waals surface area contributed by atoms with Crippen molar-refractivity contribution in [1.82, 2.24) is 5.32 Å². The summed E-state index contributed by atoms with van der Waals surface area (Å²) in [6.07, 6.45) is -0.651. The molecule has 0 bridgehead atoms. The van der Waals surface area contributed by atoms with Crippen molar-refractivity contribution in [1.29, 1.82) is 0 Å². The normalized spacial score (nSPS) is 12.7. The van der Waals surface area contributed by atoms with Gasteiger partial charge in [-0.15, -0.1) is 0 Å². The SMILES string of the molecule is CC(Oc1ccc(C(N)=S)cc1Cl)C(=O)NC(C)(C)C. The Hall–Kier alpha value is -1.33. The standard InChI is InChI=1S/C14H19ClN2O2S/c1-8(13(18)17-14(2,3)4)19-11-6-5-9(12(16)20)7-10(11)15/h5-8H,1-4H3,(H2,16,20)(H,17,18). The summed E-state index contributed by atoms with van der Waals surface area (Å²) in [5.74, 6) is 0.218. The first kappa shape index (κ1) is 16.7. The summed E-state index contributed by atoms with van der Waals surface area (Å²) in [6, 6.07) is 4.98. The number of amides is 1. The minimum absolute atomic E-state index is 0.202. The van der Waals surface area contributed by atoms with E-state index in [0.29, 0.717) is 16.3 Å². The molecule has 0 aromatic heterocycles. The summed E-state index contributed by atoms with van der Waals surface area (Å²) in [4.78, 5) is 12.2. The van der Waals surface area contributed by atoms with Gasteiger partial charge < -0.3 is 15.8 Å². The number of carbonyl (C=O) groups is 1. The molecule has 0 fully saturated rings. The molecular weight excluding hydrogens is 296 g/mol. The van der Waals surface area contributed by atoms with Crippen molar-refractivity contribution >= 4 is 34.7 Å². The molecule has 1 aromatic carbocycles. The highest BCUT2D eigenvalue weighted by Crippen LogP contribution is 2.26. The fraction of sp³-hybridized carbons (Fsp3) is 0.429. The molecular formula is C14H19ClN2O2S. The first-order valence-electron chi connectivity index (χ1n) is 6.18. The van der Waals surface area contributed by atoms with Crippen molar-refractivity contribution in [2.75, 3.05) is 0 Å². The second kappa shape index (κ2) is 6.41. The minimum Gasteiger partial charge on any atom is -0.479 e. The molecule has 0 heterocycles. The van der Waals surface area contributed by atoms with E-state index in [4.69, 9.17) is 34.3 Å². The summed E-state index contributed by atoms with van der Waals surface area (Å²) in [5.41, 5.74) is 5.86. The highest BCUT2D eigenvalue weighted by Gasteiger charge is 2.21. The number of nitrogens with one attached hydrogen (secondary N) is 1. The average molecular weight is 315 g/mol. The molecule has 0 radical (unpaired) electrons. The van der Waals surface area contributed by atoms with Gasteiger partial charge in [-0.05, 0) is 45.9 Å². The van der Waals surface area contributed by atoms with Gasteiger partial charge in [0.25, 0.3) is 5.91 Å². The van der Waals surface area contributed by atoms with Crippen LogP contribution in [0.3, 0.4) is 0 Å². The van der Waals surface area contributed by atoms with Crippen LogP contribution in [0, 0.1) is 0 Å². The lowest BCUT2D eigenvalue weighted by atomic mass is 10.1. The number of thiocarbonyl (C=S) groups is 1. The zero-order valence-electron chi connectivity index (χ0n) is 12.0. The number of carbonyl (C=O) groups excluding carboxylic acids is 1. The quantitative estimate of drug-likeness (QED) is 0.839. The van der Waals surface area contributed by atoms with Crippen LogP contribution in [0.5, 0.6) is 5.75 Å². The van der Waals surface area contributed by atoms with Crippen LogP contribution in [-0.2, 0) is 4.79 Å². The summed E-state index contributed by atoms with van der Waals surface area (Å²) in [7, 11) is 0. The van der Waals surface area contributed by atoms with Gasteiger partial charge in [-0.2, -0.15) is 0 Å². The van der Waals surface area contributed by atoms with Gasteiger partial charge in [0.1, 0.15) is 10.7 Å². The predicted octanol–water partition coefficient (Wildman–Crippen LogP) is 2.66. The molecule has 3 N–H and O–H groups in total. The van der Waals surface area contributed by atoms with Gasteiger partial charge >= 0.3 is 0 Å². The lowest BCUT2D eigenvalue weighted by molar-refractivity contribution is -0.128. The fourth-order valence-corrected chi connectivity index (χ4v) is 1.82. The molecule has 20 heavy (non-hydrogen) atoms. The molecule has 0 aliphatic heterocycles. The van der Waals surface area contributed by atoms with E-state index >= 15 is 0 Å². The van der Waals surface area contributed by atoms with E-state index in [0.717, 1.165) is 0 Å². The molecule has 4 nitrogen and oxygen atoms in total. The number of hydrogen-bond acceptors (Lipinski definition) is 3. The van der Waals surface area contributed by atoms with Crippen LogP contribution in [0.25, 0.3) is 0 Å². The highest BCUT2D eigenvalue weighted by atomic mass is 35.5. The van der Waals surface area contributed by atoms with Crippen molar-refractivity contribution < 1.29 is 9.53 Å². The first-order chi connectivity index (χ1) is 9.10. The van der Waals surface area contributed by atoms with Crippen molar-refractivity contribution in [2.24, 2.45) is 5.73 Å². The summed E-state index contributed by atoms with van der Waals surface area (Å²) in [6.45, 7) is 7.38. The van der Waals surface area contributed by atoms with Crippen molar-refractivity contribution in [3.8, 4) is 5.75 Å². The van der Waals surface area contributed by atoms with Crippen molar-refractivity contribution in [2.45, 2.75) is 39.3 Å². The van der Waals surface area contributed by atoms with E-state index in [1.807, 2.05) is 20.8 Å². The van der Waals surface area contributed by atoms with Gasteiger partial charge in [-0.3, -0.25) is 4.79 Å². The Morgan fingerprint density at radius 2 is 2.05 bits per heavy atom. The Kier molecular flexibility index (Phi) is 5.36. The van der Waals surface area contributed by atoms with Gasteiger partial charge in [-0.25, -0.2) is 0 Å². The molecule has 0 spiro atoms. The molecule has 0 aliphatic carbocycles. The number of rotatable bonds is 4. The molecule has 0 aliphatic rings. The van der Waals surface area contributed by atoms with Gasteiger partial charge in [0.05, 0.1) is 5.02 Å². The van der Waals surface area contributed by atoms with Crippen molar-refractivity contribution in [3.63, 3.8) is 0 Å². The molecule has 6 heteroatoms. The van der Waals surface area contributed by atoms with Crippen LogP contribution in [0.4, 0.5) is 0 Å². The second-order valence-corrected chi connectivity index (χ2v) is 6.36. The summed E-state index contributed by atoms with van der Waals surface area (Å²) >= 11 is 11.0. The van der Waals surface area contributed by atoms with Crippen LogP contribution < -0.4 is 15.8 Å². The Morgan fingerprint density at radius 3 is 2.50 bits per heavy atom.